The minimum absolute atomic E-state index is 0.131. The minimum atomic E-state index is -0.217. The van der Waals surface area contributed by atoms with Gasteiger partial charge in [0.25, 0.3) is 5.91 Å². The SMILES string of the molecule is COc1cc(C(=O)N[C@@H]2COCC[C@@H]2Oc2ccccc2)ccn1. The Morgan fingerprint density at radius 3 is 2.92 bits per heavy atom. The number of benzene rings is 1. The molecule has 2 aromatic rings. The van der Waals surface area contributed by atoms with Gasteiger partial charge in [0.1, 0.15) is 11.9 Å². The molecule has 0 radical (unpaired) electrons. The first-order chi connectivity index (χ1) is 11.8. The van der Waals surface area contributed by atoms with Crippen molar-refractivity contribution in [3.63, 3.8) is 0 Å². The van der Waals surface area contributed by atoms with Crippen molar-refractivity contribution in [1.29, 1.82) is 0 Å². The second kappa shape index (κ2) is 7.79. The van der Waals surface area contributed by atoms with Crippen molar-refractivity contribution in [3.05, 3.63) is 54.2 Å². The van der Waals surface area contributed by atoms with Gasteiger partial charge in [0.05, 0.1) is 26.4 Å². The highest BCUT2D eigenvalue weighted by Crippen LogP contribution is 2.18. The lowest BCUT2D eigenvalue weighted by Gasteiger charge is -2.32. The molecule has 0 saturated carbocycles. The normalized spacial score (nSPS) is 20.2. The van der Waals surface area contributed by atoms with E-state index in [0.29, 0.717) is 24.7 Å². The zero-order valence-corrected chi connectivity index (χ0v) is 13.5. The van der Waals surface area contributed by atoms with Gasteiger partial charge < -0.3 is 19.5 Å². The van der Waals surface area contributed by atoms with E-state index in [1.165, 1.54) is 7.11 Å². The first-order valence-corrected chi connectivity index (χ1v) is 7.86. The van der Waals surface area contributed by atoms with Crippen LogP contribution in [0.25, 0.3) is 0 Å². The van der Waals surface area contributed by atoms with E-state index >= 15 is 0 Å². The number of ether oxygens (including phenoxy) is 3. The largest absolute Gasteiger partial charge is 0.488 e. The maximum atomic E-state index is 12.5. The summed E-state index contributed by atoms with van der Waals surface area (Å²) in [6.07, 6.45) is 2.14. The average molecular weight is 328 g/mol. The number of aromatic nitrogens is 1. The highest BCUT2D eigenvalue weighted by molar-refractivity contribution is 5.94. The van der Waals surface area contributed by atoms with Crippen molar-refractivity contribution in [2.45, 2.75) is 18.6 Å². The Hall–Kier alpha value is -2.60. The van der Waals surface area contributed by atoms with Gasteiger partial charge >= 0.3 is 0 Å². The summed E-state index contributed by atoms with van der Waals surface area (Å²) in [7, 11) is 1.52. The Labute approximate surface area is 140 Å². The number of amides is 1. The summed E-state index contributed by atoms with van der Waals surface area (Å²) >= 11 is 0. The van der Waals surface area contributed by atoms with Gasteiger partial charge in [-0.15, -0.1) is 0 Å². The molecule has 0 aliphatic carbocycles. The zero-order valence-electron chi connectivity index (χ0n) is 13.5. The first kappa shape index (κ1) is 16.3. The van der Waals surface area contributed by atoms with Crippen LogP contribution in [0.3, 0.4) is 0 Å². The van der Waals surface area contributed by atoms with E-state index in [1.807, 2.05) is 30.3 Å². The summed E-state index contributed by atoms with van der Waals surface area (Å²) in [5.41, 5.74) is 0.492. The van der Waals surface area contributed by atoms with Gasteiger partial charge in [-0.3, -0.25) is 4.79 Å². The van der Waals surface area contributed by atoms with Crippen molar-refractivity contribution in [2.75, 3.05) is 20.3 Å². The van der Waals surface area contributed by atoms with Crippen LogP contribution in [0.5, 0.6) is 11.6 Å². The number of rotatable bonds is 5. The van der Waals surface area contributed by atoms with E-state index < -0.39 is 0 Å². The number of carbonyl (C=O) groups is 1. The van der Waals surface area contributed by atoms with Crippen molar-refractivity contribution in [2.24, 2.45) is 0 Å². The molecule has 24 heavy (non-hydrogen) atoms. The molecule has 0 unspecified atom stereocenters. The van der Waals surface area contributed by atoms with Crippen molar-refractivity contribution < 1.29 is 19.0 Å². The molecule has 3 rings (SSSR count). The second-order valence-corrected chi connectivity index (χ2v) is 5.50. The zero-order chi connectivity index (χ0) is 16.8. The molecule has 0 bridgehead atoms. The summed E-state index contributed by atoms with van der Waals surface area (Å²) in [6.45, 7) is 1.04. The van der Waals surface area contributed by atoms with Crippen LogP contribution in [-0.4, -0.2) is 43.4 Å². The summed E-state index contributed by atoms with van der Waals surface area (Å²) in [5, 5.41) is 2.98. The molecular formula is C18H20N2O4. The third-order valence-electron chi connectivity index (χ3n) is 3.85. The molecule has 0 spiro atoms. The fraction of sp³-hybridized carbons (Fsp3) is 0.333. The molecule has 6 heteroatoms. The lowest BCUT2D eigenvalue weighted by Crippen LogP contribution is -2.51. The van der Waals surface area contributed by atoms with Crippen LogP contribution >= 0.6 is 0 Å². The Morgan fingerprint density at radius 1 is 1.29 bits per heavy atom. The van der Waals surface area contributed by atoms with E-state index in [-0.39, 0.29) is 18.1 Å². The smallest absolute Gasteiger partial charge is 0.251 e. The van der Waals surface area contributed by atoms with Gasteiger partial charge in [-0.05, 0) is 18.2 Å². The van der Waals surface area contributed by atoms with E-state index in [0.717, 1.165) is 12.2 Å². The molecule has 1 aromatic carbocycles. The molecule has 1 amide bonds. The van der Waals surface area contributed by atoms with Gasteiger partial charge in [0.15, 0.2) is 0 Å². The molecule has 126 valence electrons. The fourth-order valence-electron chi connectivity index (χ4n) is 2.58. The monoisotopic (exact) mass is 328 g/mol. The maximum Gasteiger partial charge on any atom is 0.251 e. The molecule has 1 fully saturated rings. The summed E-state index contributed by atoms with van der Waals surface area (Å²) < 4.78 is 16.6. The van der Waals surface area contributed by atoms with Crippen molar-refractivity contribution >= 4 is 5.91 Å². The number of hydrogen-bond donors (Lipinski definition) is 1. The minimum Gasteiger partial charge on any atom is -0.488 e. The van der Waals surface area contributed by atoms with Crippen molar-refractivity contribution in [1.82, 2.24) is 10.3 Å². The van der Waals surface area contributed by atoms with E-state index in [9.17, 15) is 4.79 Å². The van der Waals surface area contributed by atoms with Crippen LogP contribution in [0.2, 0.25) is 0 Å². The summed E-state index contributed by atoms with van der Waals surface area (Å²) in [5.74, 6) is 0.988. The average Bonchev–Trinajstić information content (AvgIpc) is 2.64. The van der Waals surface area contributed by atoms with Crippen LogP contribution in [0.1, 0.15) is 16.8 Å². The van der Waals surface area contributed by atoms with E-state index in [4.69, 9.17) is 14.2 Å². The first-order valence-electron chi connectivity index (χ1n) is 7.86. The molecule has 6 nitrogen and oxygen atoms in total. The third kappa shape index (κ3) is 4.02. The lowest BCUT2D eigenvalue weighted by molar-refractivity contribution is -0.00288. The van der Waals surface area contributed by atoms with E-state index in [2.05, 4.69) is 10.3 Å². The summed E-state index contributed by atoms with van der Waals surface area (Å²) in [6, 6.07) is 12.6. The second-order valence-electron chi connectivity index (χ2n) is 5.50. The Kier molecular flexibility index (Phi) is 5.28. The quantitative estimate of drug-likeness (QED) is 0.910. The standard InChI is InChI=1S/C18H20N2O4/c1-22-17-11-13(7-9-19-17)18(21)20-15-12-23-10-8-16(15)24-14-5-3-2-4-6-14/h2-7,9,11,15-16H,8,10,12H2,1H3,(H,20,21)/t15-,16+/m1/s1. The number of hydrogen-bond acceptors (Lipinski definition) is 5. The third-order valence-corrected chi connectivity index (χ3v) is 3.85. The Balaban J connectivity index is 1.67. The number of pyridine rings is 1. The predicted octanol–water partition coefficient (Wildman–Crippen LogP) is 2.06. The maximum absolute atomic E-state index is 12.5. The molecular weight excluding hydrogens is 308 g/mol. The highest BCUT2D eigenvalue weighted by Gasteiger charge is 2.29. The predicted molar refractivity (Wildman–Crippen MR) is 88.3 cm³/mol. The topological polar surface area (TPSA) is 69.7 Å². The molecule has 2 atom stereocenters. The molecule has 1 aliphatic heterocycles. The molecule has 1 N–H and O–H groups in total. The van der Waals surface area contributed by atoms with Gasteiger partial charge in [0.2, 0.25) is 5.88 Å². The molecule has 1 aromatic heterocycles. The molecule has 1 aliphatic rings. The van der Waals surface area contributed by atoms with Crippen LogP contribution in [0.15, 0.2) is 48.7 Å². The van der Waals surface area contributed by atoms with E-state index in [1.54, 1.807) is 18.3 Å². The molecule has 1 saturated heterocycles. The van der Waals surface area contributed by atoms with Crippen LogP contribution < -0.4 is 14.8 Å². The van der Waals surface area contributed by atoms with Gasteiger partial charge in [0, 0.05) is 24.2 Å². The number of carbonyl (C=O) groups excluding carboxylic acids is 1. The summed E-state index contributed by atoms with van der Waals surface area (Å²) in [4.78, 5) is 16.5. The van der Waals surface area contributed by atoms with Gasteiger partial charge in [-0.1, -0.05) is 18.2 Å². The number of para-hydroxylation sites is 1. The Bertz CT molecular complexity index is 678. The van der Waals surface area contributed by atoms with Gasteiger partial charge in [-0.25, -0.2) is 4.98 Å². The number of methoxy groups -OCH3 is 1. The highest BCUT2D eigenvalue weighted by atomic mass is 16.5. The van der Waals surface area contributed by atoms with Crippen LogP contribution in [0.4, 0.5) is 0 Å². The van der Waals surface area contributed by atoms with Crippen LogP contribution in [-0.2, 0) is 4.74 Å². The number of nitrogens with one attached hydrogen (secondary N) is 1. The number of nitrogens with zero attached hydrogens (tertiary/aromatic N) is 1. The lowest BCUT2D eigenvalue weighted by atomic mass is 10.1. The van der Waals surface area contributed by atoms with Crippen molar-refractivity contribution in [3.8, 4) is 11.6 Å². The van der Waals surface area contributed by atoms with Gasteiger partial charge in [-0.2, -0.15) is 0 Å². The Morgan fingerprint density at radius 2 is 2.12 bits per heavy atom. The fourth-order valence-corrected chi connectivity index (χ4v) is 2.58. The van der Waals surface area contributed by atoms with Crippen LogP contribution in [0, 0.1) is 0 Å². The molecule has 2 heterocycles.